The Hall–Kier alpha value is -2.05. The van der Waals surface area contributed by atoms with E-state index in [1.165, 1.54) is 212 Å². The highest BCUT2D eigenvalue weighted by molar-refractivity contribution is 5.76. The summed E-state index contributed by atoms with van der Waals surface area (Å²) in [6, 6.07) is -0.936. The van der Waals surface area contributed by atoms with E-state index in [9.17, 15) is 45.6 Å². The summed E-state index contributed by atoms with van der Waals surface area (Å²) in [5, 5.41) is 87.3. The average Bonchev–Trinajstić information content (AvgIpc) is 3.59. The van der Waals surface area contributed by atoms with Gasteiger partial charge in [0.15, 0.2) is 12.6 Å². The number of unbranched alkanes of at least 4 members (excludes halogenated alkanes) is 37. The number of nitrogens with one attached hydrogen (secondary N) is 1. The SMILES string of the molecule is CCCCCCC/C=C\C/C=C\CCCCCCCCCCCC(=O)NC(COC1OC(CO)C(OC2OC(CO)C(O)C(O)C2O)C(O)C1O)C(O)/C=C/CC/C=C/CCCCCCCCCCCCCCCCCCCCCCCC. The summed E-state index contributed by atoms with van der Waals surface area (Å²) in [5.41, 5.74) is 0. The molecule has 9 N–H and O–H groups in total. The van der Waals surface area contributed by atoms with Crippen LogP contribution in [0.15, 0.2) is 48.6 Å². The van der Waals surface area contributed by atoms with E-state index in [0.717, 1.165) is 44.9 Å². The molecule has 2 heterocycles. The maximum atomic E-state index is 13.3. The number of ether oxygens (including phenoxy) is 4. The molecule has 2 aliphatic rings. The number of hydrogen-bond acceptors (Lipinski definition) is 13. The highest BCUT2D eigenvalue weighted by Gasteiger charge is 2.51. The van der Waals surface area contributed by atoms with Gasteiger partial charge in [-0.2, -0.15) is 0 Å². The van der Waals surface area contributed by atoms with E-state index in [1.54, 1.807) is 6.08 Å². The van der Waals surface area contributed by atoms with Gasteiger partial charge in [0.2, 0.25) is 5.91 Å². The molecule has 1 amide bonds. The number of aliphatic hydroxyl groups is 8. The molecule has 83 heavy (non-hydrogen) atoms. The van der Waals surface area contributed by atoms with Crippen molar-refractivity contribution in [2.75, 3.05) is 19.8 Å². The number of carbonyl (C=O) groups is 1. The van der Waals surface area contributed by atoms with Crippen LogP contribution >= 0.6 is 0 Å². The van der Waals surface area contributed by atoms with Crippen molar-refractivity contribution >= 4 is 5.91 Å². The first kappa shape index (κ1) is 77.0. The fraction of sp³-hybridized carbons (Fsp3) is 0.870. The summed E-state index contributed by atoms with van der Waals surface area (Å²) in [4.78, 5) is 13.3. The number of amides is 1. The molecule has 0 aliphatic carbocycles. The van der Waals surface area contributed by atoms with Gasteiger partial charge in [-0.3, -0.25) is 4.79 Å². The molecule has 486 valence electrons. The van der Waals surface area contributed by atoms with Crippen molar-refractivity contribution in [1.82, 2.24) is 5.32 Å². The normalized spacial score (nSPS) is 24.1. The second kappa shape index (κ2) is 54.1. The van der Waals surface area contributed by atoms with Crippen molar-refractivity contribution in [2.45, 2.75) is 364 Å². The molecule has 2 saturated heterocycles. The van der Waals surface area contributed by atoms with Gasteiger partial charge in [-0.25, -0.2) is 0 Å². The maximum Gasteiger partial charge on any atom is 0.220 e. The van der Waals surface area contributed by atoms with Crippen LogP contribution in [-0.4, -0.2) is 140 Å². The third-order valence-electron chi connectivity index (χ3n) is 16.7. The zero-order valence-electron chi connectivity index (χ0n) is 52.7. The van der Waals surface area contributed by atoms with Crippen LogP contribution < -0.4 is 5.32 Å². The summed E-state index contributed by atoms with van der Waals surface area (Å²) in [5.74, 6) is -0.251. The van der Waals surface area contributed by atoms with Crippen molar-refractivity contribution in [3.8, 4) is 0 Å². The van der Waals surface area contributed by atoms with E-state index >= 15 is 0 Å². The van der Waals surface area contributed by atoms with Gasteiger partial charge in [0.05, 0.1) is 32.0 Å². The second-order valence-corrected chi connectivity index (χ2v) is 24.3. The van der Waals surface area contributed by atoms with E-state index in [1.807, 2.05) is 6.08 Å². The molecule has 0 spiro atoms. The molecule has 12 unspecified atom stereocenters. The first-order chi connectivity index (χ1) is 40.6. The van der Waals surface area contributed by atoms with Crippen LogP contribution in [0.2, 0.25) is 0 Å². The van der Waals surface area contributed by atoms with E-state index in [-0.39, 0.29) is 18.9 Å². The lowest BCUT2D eigenvalue weighted by Gasteiger charge is -2.46. The molecule has 14 heteroatoms. The van der Waals surface area contributed by atoms with Crippen LogP contribution in [0.3, 0.4) is 0 Å². The van der Waals surface area contributed by atoms with Gasteiger partial charge in [0.25, 0.3) is 0 Å². The molecule has 0 aromatic rings. The fourth-order valence-corrected chi connectivity index (χ4v) is 11.2. The van der Waals surface area contributed by atoms with Gasteiger partial charge in [0.1, 0.15) is 48.8 Å². The van der Waals surface area contributed by atoms with Gasteiger partial charge in [-0.05, 0) is 64.2 Å². The highest BCUT2D eigenvalue weighted by atomic mass is 16.7. The Morgan fingerprint density at radius 2 is 0.807 bits per heavy atom. The number of rotatable bonds is 56. The molecule has 0 bridgehead atoms. The van der Waals surface area contributed by atoms with Gasteiger partial charge in [-0.1, -0.05) is 268 Å². The van der Waals surface area contributed by atoms with Gasteiger partial charge >= 0.3 is 0 Å². The fourth-order valence-electron chi connectivity index (χ4n) is 11.2. The first-order valence-electron chi connectivity index (χ1n) is 34.4. The van der Waals surface area contributed by atoms with Crippen LogP contribution in [0.1, 0.15) is 290 Å². The molecule has 0 aromatic heterocycles. The standard InChI is InChI=1S/C69H127NO13/c1-3-5-7-9-11-13-15-17-19-21-23-25-26-27-28-29-30-31-33-34-36-38-40-42-44-46-48-50-52-58(73)57(56-80-68-66(79)64(77)67(60(55-72)82-68)83-69-65(78)63(76)62(75)59(54-71)81-69)70-61(74)53-51-49-47-45-43-41-39-37-35-32-24-22-20-18-16-14-12-10-8-6-4-2/h16,18,22,24,42,44,50,52,57-60,62-69,71-73,75-79H,3-15,17,19-21,23,25-41,43,45-49,51,53-56H2,1-2H3,(H,70,74)/b18-16-,24-22-,44-42+,52-50+. The molecular formula is C69H127NO13. The molecule has 12 atom stereocenters. The minimum Gasteiger partial charge on any atom is -0.394 e. The summed E-state index contributed by atoms with van der Waals surface area (Å²) in [7, 11) is 0. The van der Waals surface area contributed by atoms with Gasteiger partial charge in [0, 0.05) is 6.42 Å². The topological polar surface area (TPSA) is 228 Å². The number of allylic oxidation sites excluding steroid dienone is 7. The van der Waals surface area contributed by atoms with Crippen LogP contribution in [0.5, 0.6) is 0 Å². The maximum absolute atomic E-state index is 13.3. The second-order valence-electron chi connectivity index (χ2n) is 24.3. The van der Waals surface area contributed by atoms with Crippen molar-refractivity contribution in [2.24, 2.45) is 0 Å². The van der Waals surface area contributed by atoms with Gasteiger partial charge in [-0.15, -0.1) is 0 Å². The lowest BCUT2D eigenvalue weighted by Crippen LogP contribution is -2.65. The van der Waals surface area contributed by atoms with Crippen molar-refractivity contribution < 1.29 is 64.6 Å². The van der Waals surface area contributed by atoms with Crippen molar-refractivity contribution in [3.63, 3.8) is 0 Å². The summed E-state index contributed by atoms with van der Waals surface area (Å²) >= 11 is 0. The minimum atomic E-state index is -1.79. The van der Waals surface area contributed by atoms with E-state index in [4.69, 9.17) is 18.9 Å². The third-order valence-corrected chi connectivity index (χ3v) is 16.7. The number of hydrogen-bond donors (Lipinski definition) is 9. The average molecular weight is 1180 g/mol. The number of aliphatic hydroxyl groups excluding tert-OH is 8. The van der Waals surface area contributed by atoms with Crippen molar-refractivity contribution in [1.29, 1.82) is 0 Å². The van der Waals surface area contributed by atoms with Gasteiger partial charge < -0.3 is 65.1 Å². The van der Waals surface area contributed by atoms with Crippen LogP contribution in [-0.2, 0) is 23.7 Å². The molecule has 2 aliphatic heterocycles. The quantitative estimate of drug-likeness (QED) is 0.0204. The molecular weight excluding hydrogens is 1050 g/mol. The molecule has 0 saturated carbocycles. The Labute approximate surface area is 505 Å². The van der Waals surface area contributed by atoms with Crippen molar-refractivity contribution in [3.05, 3.63) is 48.6 Å². The summed E-state index contributed by atoms with van der Waals surface area (Å²) < 4.78 is 22.8. The lowest BCUT2D eigenvalue weighted by molar-refractivity contribution is -0.359. The smallest absolute Gasteiger partial charge is 0.220 e. The molecule has 0 aromatic carbocycles. The summed E-state index contributed by atoms with van der Waals surface area (Å²) in [6.45, 7) is 2.80. The number of carbonyl (C=O) groups excluding carboxylic acids is 1. The molecule has 0 radical (unpaired) electrons. The van der Waals surface area contributed by atoms with E-state index < -0.39 is 86.8 Å². The monoisotopic (exact) mass is 1180 g/mol. The Morgan fingerprint density at radius 1 is 0.434 bits per heavy atom. The Bertz CT molecular complexity index is 1580. The molecule has 14 nitrogen and oxygen atoms in total. The molecule has 2 fully saturated rings. The van der Waals surface area contributed by atoms with Crippen LogP contribution in [0, 0.1) is 0 Å². The Balaban J connectivity index is 1.71. The van der Waals surface area contributed by atoms with E-state index in [2.05, 4.69) is 55.6 Å². The minimum absolute atomic E-state index is 0.251. The summed E-state index contributed by atoms with van der Waals surface area (Å²) in [6.07, 6.45) is 53.1. The Kier molecular flexibility index (Phi) is 50.2. The van der Waals surface area contributed by atoms with Crippen LogP contribution in [0.4, 0.5) is 0 Å². The predicted molar refractivity (Wildman–Crippen MR) is 337 cm³/mol. The lowest BCUT2D eigenvalue weighted by atomic mass is 9.97. The zero-order valence-corrected chi connectivity index (χ0v) is 52.7. The highest BCUT2D eigenvalue weighted by Crippen LogP contribution is 2.30. The predicted octanol–water partition coefficient (Wildman–Crippen LogP) is 13.5. The Morgan fingerprint density at radius 3 is 1.25 bits per heavy atom. The zero-order chi connectivity index (χ0) is 60.2. The largest absolute Gasteiger partial charge is 0.394 e. The first-order valence-corrected chi connectivity index (χ1v) is 34.4. The third kappa shape index (κ3) is 38.8. The van der Waals surface area contributed by atoms with Crippen LogP contribution in [0.25, 0.3) is 0 Å². The van der Waals surface area contributed by atoms with E-state index in [0.29, 0.717) is 12.8 Å². The molecule has 2 rings (SSSR count).